The van der Waals surface area contributed by atoms with Gasteiger partial charge in [-0.15, -0.1) is 0 Å². The van der Waals surface area contributed by atoms with Crippen LogP contribution in [0.2, 0.25) is 0 Å². The van der Waals surface area contributed by atoms with Crippen LogP contribution in [0.25, 0.3) is 0 Å². The first-order valence-electron chi connectivity index (χ1n) is 5.52. The van der Waals surface area contributed by atoms with Gasteiger partial charge in [-0.25, -0.2) is 0 Å². The Kier molecular flexibility index (Phi) is 2.99. The molecule has 0 unspecified atom stereocenters. The lowest BCUT2D eigenvalue weighted by Gasteiger charge is -2.27. The summed E-state index contributed by atoms with van der Waals surface area (Å²) in [6.45, 7) is 3.88. The second kappa shape index (κ2) is 4.45. The number of nitrogens with two attached hydrogens (primary N) is 1. The molecule has 5 heteroatoms. The van der Waals surface area contributed by atoms with Gasteiger partial charge in [0.1, 0.15) is 5.69 Å². The molecule has 0 radical (unpaired) electrons. The second-order valence-corrected chi connectivity index (χ2v) is 4.25. The molecule has 90 valence electrons. The third kappa shape index (κ3) is 2.38. The number of hydrogen-bond donors (Lipinski definition) is 1. The van der Waals surface area contributed by atoms with E-state index in [1.165, 1.54) is 11.6 Å². The summed E-state index contributed by atoms with van der Waals surface area (Å²) in [5.41, 5.74) is 8.19. The molecule has 1 aromatic rings. The number of nitrogen functional groups attached to an aromatic ring is 1. The molecule has 0 fully saturated rings. The first-order valence-corrected chi connectivity index (χ1v) is 5.52. The lowest BCUT2D eigenvalue weighted by atomic mass is 10.1. The lowest BCUT2D eigenvalue weighted by Crippen LogP contribution is -2.28. The van der Waals surface area contributed by atoms with Crippen molar-refractivity contribution in [3.8, 4) is 0 Å². The number of nitrogens with zero attached hydrogens (tertiary/aromatic N) is 2. The van der Waals surface area contributed by atoms with E-state index in [0.29, 0.717) is 0 Å². The standard InChI is InChI=1S/C12H15N3O2/c1-9-4-6-14(7-5-9)10-2-3-12(15(16)17)11(13)8-10/h2-4,8H,5-7,13H2,1H3. The van der Waals surface area contributed by atoms with Crippen LogP contribution in [0.1, 0.15) is 13.3 Å². The van der Waals surface area contributed by atoms with E-state index in [-0.39, 0.29) is 11.4 Å². The molecule has 0 aliphatic carbocycles. The Balaban J connectivity index is 2.23. The Bertz CT molecular complexity index is 483. The molecule has 1 aliphatic rings. The fourth-order valence-corrected chi connectivity index (χ4v) is 1.91. The maximum atomic E-state index is 10.7. The molecule has 1 aromatic carbocycles. The zero-order valence-corrected chi connectivity index (χ0v) is 9.72. The highest BCUT2D eigenvalue weighted by atomic mass is 16.6. The van der Waals surface area contributed by atoms with Crippen LogP contribution in [-0.4, -0.2) is 18.0 Å². The number of anilines is 2. The van der Waals surface area contributed by atoms with Gasteiger partial charge in [0.15, 0.2) is 0 Å². The van der Waals surface area contributed by atoms with Crippen LogP contribution in [0.3, 0.4) is 0 Å². The van der Waals surface area contributed by atoms with Gasteiger partial charge in [0.05, 0.1) is 4.92 Å². The monoisotopic (exact) mass is 233 g/mol. The summed E-state index contributed by atoms with van der Waals surface area (Å²) in [7, 11) is 0. The van der Waals surface area contributed by atoms with Crippen LogP contribution in [0.5, 0.6) is 0 Å². The average Bonchev–Trinajstić information content (AvgIpc) is 2.29. The van der Waals surface area contributed by atoms with Gasteiger partial charge < -0.3 is 10.6 Å². The van der Waals surface area contributed by atoms with E-state index in [2.05, 4.69) is 17.9 Å². The Morgan fingerprint density at radius 2 is 2.24 bits per heavy atom. The Labute approximate surface area is 99.7 Å². The summed E-state index contributed by atoms with van der Waals surface area (Å²) in [5.74, 6) is 0. The highest BCUT2D eigenvalue weighted by Crippen LogP contribution is 2.28. The van der Waals surface area contributed by atoms with Crippen LogP contribution in [-0.2, 0) is 0 Å². The third-order valence-corrected chi connectivity index (χ3v) is 3.01. The van der Waals surface area contributed by atoms with E-state index in [1.54, 1.807) is 12.1 Å². The molecular formula is C12H15N3O2. The minimum Gasteiger partial charge on any atom is -0.393 e. The number of nitro benzene ring substituents is 1. The first kappa shape index (κ1) is 11.4. The fraction of sp³-hybridized carbons (Fsp3) is 0.333. The zero-order chi connectivity index (χ0) is 12.4. The minimum absolute atomic E-state index is 0.0301. The maximum Gasteiger partial charge on any atom is 0.292 e. The highest BCUT2D eigenvalue weighted by Gasteiger charge is 2.15. The van der Waals surface area contributed by atoms with E-state index in [9.17, 15) is 10.1 Å². The number of benzene rings is 1. The molecule has 0 saturated carbocycles. The van der Waals surface area contributed by atoms with Crippen LogP contribution in [0.4, 0.5) is 17.1 Å². The van der Waals surface area contributed by atoms with Crippen molar-refractivity contribution in [2.45, 2.75) is 13.3 Å². The van der Waals surface area contributed by atoms with Gasteiger partial charge in [0.2, 0.25) is 0 Å². The first-order chi connectivity index (χ1) is 8.08. The summed E-state index contributed by atoms with van der Waals surface area (Å²) < 4.78 is 0. The minimum atomic E-state index is -0.459. The van der Waals surface area contributed by atoms with Gasteiger partial charge in [-0.3, -0.25) is 10.1 Å². The van der Waals surface area contributed by atoms with Crippen molar-refractivity contribution in [1.29, 1.82) is 0 Å². The molecule has 2 rings (SSSR count). The van der Waals surface area contributed by atoms with Crippen molar-refractivity contribution in [1.82, 2.24) is 0 Å². The van der Waals surface area contributed by atoms with Gasteiger partial charge in [0, 0.05) is 24.8 Å². The van der Waals surface area contributed by atoms with Crippen molar-refractivity contribution in [2.75, 3.05) is 23.7 Å². The van der Waals surface area contributed by atoms with Gasteiger partial charge in [0.25, 0.3) is 5.69 Å². The highest BCUT2D eigenvalue weighted by molar-refractivity contribution is 5.67. The predicted molar refractivity (Wildman–Crippen MR) is 68.1 cm³/mol. The molecule has 1 aliphatic heterocycles. The zero-order valence-electron chi connectivity index (χ0n) is 9.72. The van der Waals surface area contributed by atoms with E-state index in [0.717, 1.165) is 25.2 Å². The van der Waals surface area contributed by atoms with Crippen LogP contribution >= 0.6 is 0 Å². The summed E-state index contributed by atoms with van der Waals surface area (Å²) in [6.07, 6.45) is 3.19. The number of hydrogen-bond acceptors (Lipinski definition) is 4. The van der Waals surface area contributed by atoms with Crippen LogP contribution in [0.15, 0.2) is 29.8 Å². The maximum absolute atomic E-state index is 10.7. The Hall–Kier alpha value is -2.04. The van der Waals surface area contributed by atoms with Gasteiger partial charge >= 0.3 is 0 Å². The molecule has 0 bridgehead atoms. The average molecular weight is 233 g/mol. The van der Waals surface area contributed by atoms with Crippen molar-refractivity contribution in [3.05, 3.63) is 40.0 Å². The van der Waals surface area contributed by atoms with Gasteiger partial charge in [-0.05, 0) is 25.5 Å². The second-order valence-electron chi connectivity index (χ2n) is 4.25. The Morgan fingerprint density at radius 1 is 1.47 bits per heavy atom. The third-order valence-electron chi connectivity index (χ3n) is 3.01. The topological polar surface area (TPSA) is 72.4 Å². The molecule has 0 atom stereocenters. The van der Waals surface area contributed by atoms with Crippen LogP contribution in [0, 0.1) is 10.1 Å². The number of nitro groups is 1. The molecule has 5 nitrogen and oxygen atoms in total. The van der Waals surface area contributed by atoms with Crippen molar-refractivity contribution in [3.63, 3.8) is 0 Å². The lowest BCUT2D eigenvalue weighted by molar-refractivity contribution is -0.383. The number of rotatable bonds is 2. The van der Waals surface area contributed by atoms with Gasteiger partial charge in [-0.2, -0.15) is 0 Å². The molecular weight excluding hydrogens is 218 g/mol. The summed E-state index contributed by atoms with van der Waals surface area (Å²) in [5, 5.41) is 10.7. The molecule has 2 N–H and O–H groups in total. The quantitative estimate of drug-likeness (QED) is 0.368. The predicted octanol–water partition coefficient (Wildman–Crippen LogP) is 2.33. The SMILES string of the molecule is CC1=CCN(c2ccc([N+](=O)[O-])c(N)c2)CC1. The molecule has 0 aromatic heterocycles. The molecule has 0 spiro atoms. The van der Waals surface area contributed by atoms with E-state index in [4.69, 9.17) is 5.73 Å². The Morgan fingerprint density at radius 3 is 2.76 bits per heavy atom. The molecule has 0 saturated heterocycles. The van der Waals surface area contributed by atoms with E-state index in [1.807, 2.05) is 0 Å². The molecule has 17 heavy (non-hydrogen) atoms. The molecule has 0 amide bonds. The van der Waals surface area contributed by atoms with Crippen molar-refractivity contribution in [2.24, 2.45) is 0 Å². The smallest absolute Gasteiger partial charge is 0.292 e. The summed E-state index contributed by atoms with van der Waals surface area (Å²) in [4.78, 5) is 12.4. The van der Waals surface area contributed by atoms with E-state index < -0.39 is 4.92 Å². The van der Waals surface area contributed by atoms with Gasteiger partial charge in [-0.1, -0.05) is 11.6 Å². The summed E-state index contributed by atoms with van der Waals surface area (Å²) in [6, 6.07) is 4.89. The molecule has 1 heterocycles. The van der Waals surface area contributed by atoms with Crippen molar-refractivity contribution < 1.29 is 4.92 Å². The normalized spacial score (nSPS) is 15.6. The van der Waals surface area contributed by atoms with Crippen molar-refractivity contribution >= 4 is 17.1 Å². The largest absolute Gasteiger partial charge is 0.393 e. The fourth-order valence-electron chi connectivity index (χ4n) is 1.91. The summed E-state index contributed by atoms with van der Waals surface area (Å²) >= 11 is 0. The van der Waals surface area contributed by atoms with Crippen LogP contribution < -0.4 is 10.6 Å². The van der Waals surface area contributed by atoms with E-state index >= 15 is 0 Å².